The van der Waals surface area contributed by atoms with Crippen LogP contribution in [-0.4, -0.2) is 30.2 Å². The summed E-state index contributed by atoms with van der Waals surface area (Å²) in [4.78, 5) is 24.9. The van der Waals surface area contributed by atoms with E-state index in [0.717, 1.165) is 10.9 Å². The summed E-state index contributed by atoms with van der Waals surface area (Å²) < 4.78 is 5.56. The van der Waals surface area contributed by atoms with Gasteiger partial charge in [0.15, 0.2) is 5.76 Å². The molecule has 3 rings (SSSR count). The van der Waals surface area contributed by atoms with Gasteiger partial charge in [0.25, 0.3) is 5.91 Å². The van der Waals surface area contributed by atoms with Crippen LogP contribution in [-0.2, 0) is 10.5 Å². The molecule has 1 aromatic heterocycles. The quantitative estimate of drug-likeness (QED) is 0.574. The van der Waals surface area contributed by atoms with Crippen LogP contribution in [0.3, 0.4) is 0 Å². The highest BCUT2D eigenvalue weighted by Crippen LogP contribution is 2.19. The van der Waals surface area contributed by atoms with Crippen LogP contribution < -0.4 is 10.6 Å². The van der Waals surface area contributed by atoms with Gasteiger partial charge in [-0.25, -0.2) is 0 Å². The van der Waals surface area contributed by atoms with Crippen molar-refractivity contribution >= 4 is 34.5 Å². The first-order valence-electron chi connectivity index (χ1n) is 8.73. The Labute approximate surface area is 166 Å². The van der Waals surface area contributed by atoms with Crippen LogP contribution in [0.4, 0.5) is 0 Å². The number of hydrogen-bond acceptors (Lipinski definition) is 5. The summed E-state index contributed by atoms with van der Waals surface area (Å²) in [6, 6.07) is 19.9. The smallest absolute Gasteiger partial charge is 0.287 e. The van der Waals surface area contributed by atoms with E-state index in [4.69, 9.17) is 9.68 Å². The van der Waals surface area contributed by atoms with Crippen molar-refractivity contribution < 1.29 is 14.0 Å². The third-order valence-corrected chi connectivity index (χ3v) is 5.12. The SMILES string of the molecule is N#CCNC(=O)C(CSCc1ccccc1)NC(=O)c1cc2ccccc2o1. The summed E-state index contributed by atoms with van der Waals surface area (Å²) in [5.41, 5.74) is 1.74. The fourth-order valence-electron chi connectivity index (χ4n) is 2.62. The average Bonchev–Trinajstić information content (AvgIpc) is 3.16. The second-order valence-corrected chi connectivity index (χ2v) is 7.08. The highest BCUT2D eigenvalue weighted by Gasteiger charge is 2.23. The van der Waals surface area contributed by atoms with Crippen LogP contribution in [0.15, 0.2) is 65.1 Å². The molecule has 0 saturated heterocycles. The maximum Gasteiger partial charge on any atom is 0.287 e. The predicted octanol–water partition coefficient (Wildman–Crippen LogP) is 3.10. The van der Waals surface area contributed by atoms with E-state index in [0.29, 0.717) is 17.1 Å². The molecule has 2 N–H and O–H groups in total. The molecule has 1 heterocycles. The van der Waals surface area contributed by atoms with Crippen molar-refractivity contribution in [2.75, 3.05) is 12.3 Å². The highest BCUT2D eigenvalue weighted by atomic mass is 32.2. The fraction of sp³-hybridized carbons (Fsp3) is 0.190. The zero-order valence-corrected chi connectivity index (χ0v) is 15.9. The summed E-state index contributed by atoms with van der Waals surface area (Å²) >= 11 is 1.53. The van der Waals surface area contributed by atoms with Crippen LogP contribution in [0.1, 0.15) is 16.1 Å². The second-order valence-electron chi connectivity index (χ2n) is 6.05. The number of rotatable bonds is 8. The number of hydrogen-bond donors (Lipinski definition) is 2. The zero-order chi connectivity index (χ0) is 19.8. The molecule has 28 heavy (non-hydrogen) atoms. The van der Waals surface area contributed by atoms with E-state index in [9.17, 15) is 9.59 Å². The molecule has 6 nitrogen and oxygen atoms in total. The number of nitriles is 1. The molecule has 0 bridgehead atoms. The number of furan rings is 1. The maximum atomic E-state index is 12.6. The lowest BCUT2D eigenvalue weighted by molar-refractivity contribution is -0.122. The van der Waals surface area contributed by atoms with Crippen LogP contribution in [0, 0.1) is 11.3 Å². The van der Waals surface area contributed by atoms with Gasteiger partial charge >= 0.3 is 0 Å². The largest absolute Gasteiger partial charge is 0.451 e. The Kier molecular flexibility index (Phi) is 6.71. The van der Waals surface area contributed by atoms with Gasteiger partial charge in [0.1, 0.15) is 18.2 Å². The van der Waals surface area contributed by atoms with E-state index in [-0.39, 0.29) is 12.3 Å². The van der Waals surface area contributed by atoms with Crippen molar-refractivity contribution in [1.82, 2.24) is 10.6 Å². The van der Waals surface area contributed by atoms with E-state index in [2.05, 4.69) is 10.6 Å². The molecule has 2 aromatic carbocycles. The van der Waals surface area contributed by atoms with Crippen LogP contribution in [0.5, 0.6) is 0 Å². The first-order chi connectivity index (χ1) is 13.7. The molecular weight excluding hydrogens is 374 g/mol. The standard InChI is InChI=1S/C21H19N3O3S/c22-10-11-23-20(25)17(14-28-13-15-6-2-1-3-7-15)24-21(26)19-12-16-8-4-5-9-18(16)27-19/h1-9,12,17H,11,13-14H2,(H,23,25)(H,24,26). The molecule has 0 radical (unpaired) electrons. The normalized spacial score (nSPS) is 11.5. The predicted molar refractivity (Wildman–Crippen MR) is 109 cm³/mol. The van der Waals surface area contributed by atoms with Gasteiger partial charge in [0.2, 0.25) is 5.91 Å². The van der Waals surface area contributed by atoms with Crippen molar-refractivity contribution in [3.8, 4) is 6.07 Å². The number of fused-ring (bicyclic) bond motifs is 1. The number of benzene rings is 2. The van der Waals surface area contributed by atoms with E-state index >= 15 is 0 Å². The summed E-state index contributed by atoms with van der Waals surface area (Å²) in [5, 5.41) is 14.7. The first-order valence-corrected chi connectivity index (χ1v) is 9.88. The number of nitrogens with zero attached hydrogens (tertiary/aromatic N) is 1. The number of amides is 2. The molecule has 0 aliphatic carbocycles. The lowest BCUT2D eigenvalue weighted by Crippen LogP contribution is -2.48. The van der Waals surface area contributed by atoms with Crippen molar-refractivity contribution in [2.45, 2.75) is 11.8 Å². The van der Waals surface area contributed by atoms with Gasteiger partial charge in [0.05, 0.1) is 6.07 Å². The van der Waals surface area contributed by atoms with Crippen molar-refractivity contribution in [1.29, 1.82) is 5.26 Å². The van der Waals surface area contributed by atoms with E-state index in [1.807, 2.05) is 54.6 Å². The molecule has 142 valence electrons. The molecule has 1 atom stereocenters. The van der Waals surface area contributed by atoms with Crippen molar-refractivity contribution in [3.63, 3.8) is 0 Å². The summed E-state index contributed by atoms with van der Waals surface area (Å²) in [7, 11) is 0. The fourth-order valence-corrected chi connectivity index (χ4v) is 3.64. The van der Waals surface area contributed by atoms with Gasteiger partial charge in [-0.3, -0.25) is 9.59 Å². The molecular formula is C21H19N3O3S. The van der Waals surface area contributed by atoms with Gasteiger partial charge in [-0.1, -0.05) is 48.5 Å². The highest BCUT2D eigenvalue weighted by molar-refractivity contribution is 7.98. The minimum Gasteiger partial charge on any atom is -0.451 e. The molecule has 0 aliphatic rings. The Hall–Kier alpha value is -3.24. The van der Waals surface area contributed by atoms with E-state index in [1.54, 1.807) is 12.1 Å². The maximum absolute atomic E-state index is 12.6. The molecule has 2 amide bonds. The third-order valence-electron chi connectivity index (χ3n) is 4.01. The van der Waals surface area contributed by atoms with Gasteiger partial charge in [-0.15, -0.1) is 0 Å². The summed E-state index contributed by atoms with van der Waals surface area (Å²) in [6.07, 6.45) is 0. The van der Waals surface area contributed by atoms with Crippen LogP contribution in [0.2, 0.25) is 0 Å². The van der Waals surface area contributed by atoms with Gasteiger partial charge in [-0.2, -0.15) is 17.0 Å². The topological polar surface area (TPSA) is 95.1 Å². The molecule has 0 spiro atoms. The van der Waals surface area contributed by atoms with Crippen molar-refractivity contribution in [3.05, 3.63) is 72.0 Å². The summed E-state index contributed by atoms with van der Waals surface area (Å²) in [5.74, 6) is 0.370. The molecule has 0 aliphatic heterocycles. The molecule has 7 heteroatoms. The number of thioether (sulfide) groups is 1. The number of para-hydroxylation sites is 1. The monoisotopic (exact) mass is 393 g/mol. The molecule has 1 unspecified atom stereocenters. The molecule has 3 aromatic rings. The Morgan fingerprint density at radius 1 is 1.11 bits per heavy atom. The first kappa shape index (κ1) is 19.5. The van der Waals surface area contributed by atoms with Crippen LogP contribution in [0.25, 0.3) is 11.0 Å². The minimum absolute atomic E-state index is 0.112. The third kappa shape index (κ3) is 5.15. The zero-order valence-electron chi connectivity index (χ0n) is 15.1. The van der Waals surface area contributed by atoms with E-state index in [1.165, 1.54) is 11.8 Å². The number of nitrogens with one attached hydrogen (secondary N) is 2. The average molecular weight is 393 g/mol. The van der Waals surface area contributed by atoms with E-state index < -0.39 is 17.9 Å². The van der Waals surface area contributed by atoms with Gasteiger partial charge in [0, 0.05) is 16.9 Å². The Balaban J connectivity index is 1.65. The minimum atomic E-state index is -0.775. The second kappa shape index (κ2) is 9.62. The number of carbonyl (C=O) groups excluding carboxylic acids is 2. The lowest BCUT2D eigenvalue weighted by Gasteiger charge is -2.16. The lowest BCUT2D eigenvalue weighted by atomic mass is 10.2. The van der Waals surface area contributed by atoms with Gasteiger partial charge in [-0.05, 0) is 17.7 Å². The number of carbonyl (C=O) groups is 2. The Morgan fingerprint density at radius 2 is 1.86 bits per heavy atom. The van der Waals surface area contributed by atoms with Crippen molar-refractivity contribution in [2.24, 2.45) is 0 Å². The van der Waals surface area contributed by atoms with Gasteiger partial charge < -0.3 is 15.1 Å². The molecule has 0 fully saturated rings. The summed E-state index contributed by atoms with van der Waals surface area (Å²) in [6.45, 7) is -0.112. The van der Waals surface area contributed by atoms with Crippen LogP contribution >= 0.6 is 11.8 Å². The molecule has 0 saturated carbocycles. The Morgan fingerprint density at radius 3 is 2.61 bits per heavy atom. The Bertz CT molecular complexity index is 962.